The maximum atomic E-state index is 12.5. The molecule has 0 radical (unpaired) electrons. The second-order valence-corrected chi connectivity index (χ2v) is 8.19. The normalized spacial score (nSPS) is 35.2. The second-order valence-electron chi connectivity index (χ2n) is 8.19. The van der Waals surface area contributed by atoms with Crippen LogP contribution in [0.25, 0.3) is 0 Å². The van der Waals surface area contributed by atoms with Crippen molar-refractivity contribution < 1.29 is 34.7 Å². The van der Waals surface area contributed by atoms with Gasteiger partial charge in [-0.05, 0) is 35.9 Å². The highest BCUT2D eigenvalue weighted by molar-refractivity contribution is 5.98. The molecule has 2 aliphatic heterocycles. The van der Waals surface area contributed by atoms with Crippen LogP contribution in [0.1, 0.15) is 19.4 Å². The number of benzene rings is 1. The highest BCUT2D eigenvalue weighted by atomic mass is 16.7. The van der Waals surface area contributed by atoms with Gasteiger partial charge < -0.3 is 35.2 Å². The molecule has 8 heteroatoms. The molecule has 0 amide bonds. The van der Waals surface area contributed by atoms with Gasteiger partial charge in [-0.1, -0.05) is 19.9 Å². The van der Waals surface area contributed by atoms with Crippen LogP contribution in [0.4, 0.5) is 5.69 Å². The van der Waals surface area contributed by atoms with Crippen LogP contribution in [-0.4, -0.2) is 63.5 Å². The molecular formula is C21H25NO7. The van der Waals surface area contributed by atoms with Crippen molar-refractivity contribution in [1.29, 1.82) is 0 Å². The van der Waals surface area contributed by atoms with Crippen LogP contribution in [0, 0.1) is 5.92 Å². The number of aliphatic hydroxyl groups excluding tert-OH is 4. The molecule has 29 heavy (non-hydrogen) atoms. The molecule has 3 aliphatic rings. The van der Waals surface area contributed by atoms with Crippen molar-refractivity contribution in [1.82, 2.24) is 0 Å². The molecule has 6 atom stereocenters. The van der Waals surface area contributed by atoms with E-state index in [0.717, 1.165) is 16.9 Å². The Kier molecular flexibility index (Phi) is 5.00. The minimum absolute atomic E-state index is 0.0194. The summed E-state index contributed by atoms with van der Waals surface area (Å²) in [6.45, 7) is 3.44. The standard InChI is InChI=1S/C21H25NO7/c1-21(2)11-8-10(28-20-19(27)18(26)17(25)15(9-23)29-20)6-7-12(11)22-13-4-3-5-14(24)16(13)21/h3-8,15-20,22-23,25-27H,9H2,1-2H3/t15-,16?,17+,18+,19-,20-/m1/s1. The van der Waals surface area contributed by atoms with E-state index < -0.39 is 42.7 Å². The summed E-state index contributed by atoms with van der Waals surface area (Å²) < 4.78 is 11.2. The van der Waals surface area contributed by atoms with Crippen LogP contribution in [0.2, 0.25) is 0 Å². The number of nitrogens with one attached hydrogen (secondary N) is 1. The molecule has 8 nitrogen and oxygen atoms in total. The summed E-state index contributed by atoms with van der Waals surface area (Å²) in [5, 5.41) is 42.7. The fraction of sp³-hybridized carbons (Fsp3) is 0.476. The van der Waals surface area contributed by atoms with Gasteiger partial charge in [-0.15, -0.1) is 0 Å². The first-order chi connectivity index (χ1) is 13.7. The van der Waals surface area contributed by atoms with Crippen molar-refractivity contribution in [3.8, 4) is 5.75 Å². The first-order valence-corrected chi connectivity index (χ1v) is 9.55. The molecule has 4 rings (SSSR count). The molecule has 0 aromatic heterocycles. The fourth-order valence-electron chi connectivity index (χ4n) is 4.30. The highest BCUT2D eigenvalue weighted by Crippen LogP contribution is 2.47. The number of hydrogen-bond donors (Lipinski definition) is 5. The van der Waals surface area contributed by atoms with Crippen LogP contribution >= 0.6 is 0 Å². The number of carbonyl (C=O) groups excluding carboxylic acids is 1. The van der Waals surface area contributed by atoms with Gasteiger partial charge in [-0.25, -0.2) is 0 Å². The second kappa shape index (κ2) is 7.23. The van der Waals surface area contributed by atoms with E-state index >= 15 is 0 Å². The quantitative estimate of drug-likeness (QED) is 0.484. The predicted octanol–water partition coefficient (Wildman–Crippen LogP) is 0.207. The Morgan fingerprint density at radius 2 is 1.93 bits per heavy atom. The molecule has 1 aromatic carbocycles. The van der Waals surface area contributed by atoms with Crippen molar-refractivity contribution in [2.24, 2.45) is 5.92 Å². The van der Waals surface area contributed by atoms with Gasteiger partial charge in [0, 0.05) is 16.8 Å². The number of carbonyl (C=O) groups is 1. The Hall–Kier alpha value is -2.23. The largest absolute Gasteiger partial charge is 0.462 e. The van der Waals surface area contributed by atoms with Gasteiger partial charge in [0.25, 0.3) is 0 Å². The van der Waals surface area contributed by atoms with E-state index in [-0.39, 0.29) is 11.7 Å². The van der Waals surface area contributed by atoms with Crippen molar-refractivity contribution in [3.05, 3.63) is 47.7 Å². The molecule has 0 spiro atoms. The molecule has 5 N–H and O–H groups in total. The van der Waals surface area contributed by atoms with Crippen LogP contribution in [0.3, 0.4) is 0 Å². The number of fused-ring (bicyclic) bond motifs is 2. The van der Waals surface area contributed by atoms with Gasteiger partial charge in [-0.3, -0.25) is 4.79 Å². The third-order valence-electron chi connectivity index (χ3n) is 5.92. The molecular weight excluding hydrogens is 378 g/mol. The van der Waals surface area contributed by atoms with E-state index in [1.165, 1.54) is 0 Å². The summed E-state index contributed by atoms with van der Waals surface area (Å²) >= 11 is 0. The number of allylic oxidation sites excluding steroid dienone is 4. The first kappa shape index (κ1) is 20.1. The Morgan fingerprint density at radius 1 is 1.17 bits per heavy atom. The predicted molar refractivity (Wildman–Crippen MR) is 103 cm³/mol. The van der Waals surface area contributed by atoms with Gasteiger partial charge >= 0.3 is 0 Å². The molecule has 0 bridgehead atoms. The molecule has 1 fully saturated rings. The lowest BCUT2D eigenvalue weighted by Crippen LogP contribution is -2.60. The summed E-state index contributed by atoms with van der Waals surface area (Å²) in [7, 11) is 0. The topological polar surface area (TPSA) is 128 Å². The molecule has 1 aliphatic carbocycles. The molecule has 2 heterocycles. The van der Waals surface area contributed by atoms with E-state index in [9.17, 15) is 25.2 Å². The summed E-state index contributed by atoms with van der Waals surface area (Å²) in [5.41, 5.74) is 2.05. The van der Waals surface area contributed by atoms with Crippen LogP contribution in [0.15, 0.2) is 42.1 Å². The maximum Gasteiger partial charge on any atom is 0.229 e. The van der Waals surface area contributed by atoms with E-state index in [0.29, 0.717) is 5.75 Å². The number of hydrogen-bond acceptors (Lipinski definition) is 8. The Morgan fingerprint density at radius 3 is 2.66 bits per heavy atom. The molecule has 1 unspecified atom stereocenters. The average Bonchev–Trinajstić information content (AvgIpc) is 2.68. The monoisotopic (exact) mass is 403 g/mol. The van der Waals surface area contributed by atoms with E-state index in [2.05, 4.69) is 5.32 Å². The Bertz CT molecular complexity index is 876. The zero-order chi connectivity index (χ0) is 20.9. The third kappa shape index (κ3) is 3.27. The van der Waals surface area contributed by atoms with E-state index in [1.807, 2.05) is 26.0 Å². The first-order valence-electron chi connectivity index (χ1n) is 9.55. The lowest BCUT2D eigenvalue weighted by atomic mass is 9.66. The molecule has 0 saturated carbocycles. The average molecular weight is 403 g/mol. The van der Waals surface area contributed by atoms with Crippen molar-refractivity contribution >= 4 is 11.5 Å². The summed E-state index contributed by atoms with van der Waals surface area (Å²) in [4.78, 5) is 12.5. The lowest BCUT2D eigenvalue weighted by molar-refractivity contribution is -0.277. The van der Waals surface area contributed by atoms with E-state index in [4.69, 9.17) is 9.47 Å². The SMILES string of the molecule is CC1(C)c2cc(O[C@@H]3O[C@H](CO)[C@H](O)[C@H](O)[C@H]3O)ccc2NC2=CC=CC(=O)C21. The van der Waals surface area contributed by atoms with Crippen molar-refractivity contribution in [2.45, 2.75) is 50.0 Å². The number of anilines is 1. The Labute approximate surface area is 168 Å². The number of ketones is 1. The smallest absolute Gasteiger partial charge is 0.229 e. The third-order valence-corrected chi connectivity index (χ3v) is 5.92. The number of ether oxygens (including phenoxy) is 2. The van der Waals surface area contributed by atoms with Gasteiger partial charge in [0.2, 0.25) is 6.29 Å². The summed E-state index contributed by atoms with van der Waals surface area (Å²) in [6.07, 6.45) is -1.57. The zero-order valence-corrected chi connectivity index (χ0v) is 16.1. The lowest BCUT2D eigenvalue weighted by Gasteiger charge is -2.43. The van der Waals surface area contributed by atoms with Crippen LogP contribution in [-0.2, 0) is 14.9 Å². The summed E-state index contributed by atoms with van der Waals surface area (Å²) in [5.74, 6) is 0.0441. The number of aliphatic hydroxyl groups is 4. The van der Waals surface area contributed by atoms with Gasteiger partial charge in [0.05, 0.1) is 12.5 Å². The minimum Gasteiger partial charge on any atom is -0.462 e. The van der Waals surface area contributed by atoms with Gasteiger partial charge in [0.1, 0.15) is 30.2 Å². The van der Waals surface area contributed by atoms with Crippen molar-refractivity contribution in [2.75, 3.05) is 11.9 Å². The maximum absolute atomic E-state index is 12.5. The summed E-state index contributed by atoms with van der Waals surface area (Å²) in [6, 6.07) is 5.27. The van der Waals surface area contributed by atoms with Gasteiger partial charge in [0.15, 0.2) is 5.78 Å². The van der Waals surface area contributed by atoms with Gasteiger partial charge in [-0.2, -0.15) is 0 Å². The zero-order valence-electron chi connectivity index (χ0n) is 16.1. The highest BCUT2D eigenvalue weighted by Gasteiger charge is 2.46. The van der Waals surface area contributed by atoms with Crippen LogP contribution < -0.4 is 10.1 Å². The number of rotatable bonds is 3. The van der Waals surface area contributed by atoms with Crippen LogP contribution in [0.5, 0.6) is 5.75 Å². The van der Waals surface area contributed by atoms with E-state index in [1.54, 1.807) is 24.3 Å². The molecule has 156 valence electrons. The fourth-order valence-corrected chi connectivity index (χ4v) is 4.30. The molecule has 1 saturated heterocycles. The minimum atomic E-state index is -1.51. The molecule has 1 aromatic rings. The van der Waals surface area contributed by atoms with Crippen molar-refractivity contribution in [3.63, 3.8) is 0 Å². The Balaban J connectivity index is 1.63.